The molecule has 43 heavy (non-hydrogen) atoms. The lowest BCUT2D eigenvalue weighted by atomic mass is 9.75. The Balaban J connectivity index is 1.30. The fourth-order valence-corrected chi connectivity index (χ4v) is 7.63. The molecule has 1 aromatic heterocycles. The fourth-order valence-electron chi connectivity index (χ4n) is 7.63. The third-order valence-electron chi connectivity index (χ3n) is 10.2. The zero-order valence-electron chi connectivity index (χ0n) is 25.6. The number of ether oxygens (including phenoxy) is 2. The summed E-state index contributed by atoms with van der Waals surface area (Å²) in [5.41, 5.74) is 7.33. The van der Waals surface area contributed by atoms with Gasteiger partial charge in [-0.15, -0.1) is 0 Å². The fraction of sp³-hybridized carbons (Fsp3) is 0.676. The summed E-state index contributed by atoms with van der Waals surface area (Å²) in [6.45, 7) is 2.02. The Labute approximate surface area is 253 Å². The summed E-state index contributed by atoms with van der Waals surface area (Å²) in [5.74, 6) is 0.338. The number of fused-ring (bicyclic) bond motifs is 1. The van der Waals surface area contributed by atoms with Crippen molar-refractivity contribution in [2.75, 3.05) is 26.9 Å². The lowest BCUT2D eigenvalue weighted by Gasteiger charge is -2.37. The van der Waals surface area contributed by atoms with E-state index in [-0.39, 0.29) is 54.3 Å². The molecule has 1 aromatic carbocycles. The third kappa shape index (κ3) is 7.31. The molecular weight excluding hydrogens is 551 g/mol. The standard InChI is InChI=1S/C34H47FN2O6/c1-21(41-2)20-42-34(40)31-18-26-16-22(8-13-30(26)43-31)17-29(38)32-27(23-6-4-3-5-7-23)14-15-37(32)33(39)25-11-9-24(10-12-25)28(36)19-35/h8,13,16,18,21,23-25,27-28,32H,3-7,9-12,14-15,17,19-20,36H2,1-2H3/t21-,24?,25?,27-,28+,32-/m0/s1. The molecule has 4 atom stereocenters. The summed E-state index contributed by atoms with van der Waals surface area (Å²) in [5, 5.41) is 0.725. The highest BCUT2D eigenvalue weighted by atomic mass is 19.1. The minimum Gasteiger partial charge on any atom is -0.457 e. The van der Waals surface area contributed by atoms with Crippen molar-refractivity contribution < 1.29 is 32.7 Å². The average molecular weight is 599 g/mol. The predicted molar refractivity (Wildman–Crippen MR) is 161 cm³/mol. The summed E-state index contributed by atoms with van der Waals surface area (Å²) in [4.78, 5) is 42.4. The number of hydrogen-bond donors (Lipinski definition) is 1. The summed E-state index contributed by atoms with van der Waals surface area (Å²) >= 11 is 0. The Hall–Kier alpha value is -2.78. The number of rotatable bonds is 11. The van der Waals surface area contributed by atoms with Crippen molar-refractivity contribution in [1.29, 1.82) is 0 Å². The van der Waals surface area contributed by atoms with Crippen LogP contribution in [-0.4, -0.2) is 67.7 Å². The van der Waals surface area contributed by atoms with Crippen molar-refractivity contribution in [1.82, 2.24) is 4.90 Å². The second kappa shape index (κ2) is 14.3. The quantitative estimate of drug-likeness (QED) is 0.333. The number of hydrogen-bond acceptors (Lipinski definition) is 7. The van der Waals surface area contributed by atoms with E-state index >= 15 is 0 Å². The van der Waals surface area contributed by atoms with E-state index in [0.29, 0.717) is 30.9 Å². The van der Waals surface area contributed by atoms with Gasteiger partial charge >= 0.3 is 5.97 Å². The second-order valence-corrected chi connectivity index (χ2v) is 13.0. The van der Waals surface area contributed by atoms with E-state index in [1.54, 1.807) is 19.2 Å². The molecular formula is C34H47FN2O6. The van der Waals surface area contributed by atoms with E-state index in [9.17, 15) is 18.8 Å². The summed E-state index contributed by atoms with van der Waals surface area (Å²) in [6.07, 6.45) is 9.60. The number of nitrogens with two attached hydrogens (primary N) is 1. The molecule has 2 N–H and O–H groups in total. The molecule has 3 fully saturated rings. The van der Waals surface area contributed by atoms with E-state index in [0.717, 1.165) is 43.1 Å². The molecule has 1 aliphatic heterocycles. The van der Waals surface area contributed by atoms with Gasteiger partial charge in [0.2, 0.25) is 11.7 Å². The number of carbonyl (C=O) groups is 3. The van der Waals surface area contributed by atoms with Gasteiger partial charge in [0, 0.05) is 37.4 Å². The maximum Gasteiger partial charge on any atom is 0.374 e. The average Bonchev–Trinajstić information content (AvgIpc) is 3.68. The first kappa shape index (κ1) is 31.6. The summed E-state index contributed by atoms with van der Waals surface area (Å²) in [7, 11) is 1.55. The van der Waals surface area contributed by atoms with E-state index in [4.69, 9.17) is 19.6 Å². The van der Waals surface area contributed by atoms with Crippen LogP contribution in [0.25, 0.3) is 11.0 Å². The van der Waals surface area contributed by atoms with Crippen LogP contribution in [0.3, 0.4) is 0 Å². The van der Waals surface area contributed by atoms with Gasteiger partial charge in [-0.1, -0.05) is 38.2 Å². The second-order valence-electron chi connectivity index (χ2n) is 13.0. The van der Waals surface area contributed by atoms with Crippen molar-refractivity contribution in [2.24, 2.45) is 29.4 Å². The first-order valence-corrected chi connectivity index (χ1v) is 16.2. The number of nitrogens with zero attached hydrogens (tertiary/aromatic N) is 1. The molecule has 2 heterocycles. The van der Waals surface area contributed by atoms with Gasteiger partial charge in [0.25, 0.3) is 0 Å². The largest absolute Gasteiger partial charge is 0.457 e. The minimum absolute atomic E-state index is 0.0746. The normalized spacial score (nSPS) is 26.4. The van der Waals surface area contributed by atoms with Crippen LogP contribution in [0, 0.1) is 23.7 Å². The Bertz CT molecular complexity index is 1260. The van der Waals surface area contributed by atoms with Crippen LogP contribution in [0.4, 0.5) is 4.39 Å². The van der Waals surface area contributed by atoms with E-state index in [1.807, 2.05) is 24.0 Å². The number of benzene rings is 1. The van der Waals surface area contributed by atoms with E-state index in [2.05, 4.69) is 0 Å². The zero-order valence-corrected chi connectivity index (χ0v) is 25.6. The molecule has 0 radical (unpaired) electrons. The molecule has 3 aliphatic rings. The number of halogens is 1. The minimum atomic E-state index is -0.561. The van der Waals surface area contributed by atoms with Crippen molar-refractivity contribution in [3.63, 3.8) is 0 Å². The van der Waals surface area contributed by atoms with Gasteiger partial charge in [0.15, 0.2) is 5.78 Å². The Kier molecular flexibility index (Phi) is 10.5. The van der Waals surface area contributed by atoms with Gasteiger partial charge in [-0.3, -0.25) is 9.59 Å². The van der Waals surface area contributed by atoms with Crippen molar-refractivity contribution in [2.45, 2.75) is 95.7 Å². The number of alkyl halides is 1. The molecule has 8 nitrogen and oxygen atoms in total. The molecule has 1 saturated heterocycles. The smallest absolute Gasteiger partial charge is 0.374 e. The van der Waals surface area contributed by atoms with Crippen molar-refractivity contribution in [3.05, 3.63) is 35.6 Å². The number of carbonyl (C=O) groups excluding carboxylic acids is 3. The topological polar surface area (TPSA) is 112 Å². The monoisotopic (exact) mass is 598 g/mol. The molecule has 2 aliphatic carbocycles. The van der Waals surface area contributed by atoms with Crippen LogP contribution in [0.15, 0.2) is 28.7 Å². The maximum absolute atomic E-state index is 14.1. The van der Waals surface area contributed by atoms with Gasteiger partial charge in [0.05, 0.1) is 12.1 Å². The number of esters is 1. The predicted octanol–water partition coefficient (Wildman–Crippen LogP) is 5.64. The Morgan fingerprint density at radius 3 is 2.49 bits per heavy atom. The number of amides is 1. The van der Waals surface area contributed by atoms with Gasteiger partial charge in [0.1, 0.15) is 18.9 Å². The highest BCUT2D eigenvalue weighted by Crippen LogP contribution is 2.41. The molecule has 2 saturated carbocycles. The zero-order chi connectivity index (χ0) is 30.5. The van der Waals surface area contributed by atoms with Crippen LogP contribution in [0.5, 0.6) is 0 Å². The van der Waals surface area contributed by atoms with Crippen LogP contribution in [-0.2, 0) is 25.5 Å². The molecule has 1 amide bonds. The van der Waals surface area contributed by atoms with Crippen molar-refractivity contribution >= 4 is 28.6 Å². The highest BCUT2D eigenvalue weighted by Gasteiger charge is 2.46. The Morgan fingerprint density at radius 2 is 1.79 bits per heavy atom. The molecule has 236 valence electrons. The Morgan fingerprint density at radius 1 is 1.05 bits per heavy atom. The van der Waals surface area contributed by atoms with Gasteiger partial charge in [-0.25, -0.2) is 9.18 Å². The maximum atomic E-state index is 14.1. The highest BCUT2D eigenvalue weighted by molar-refractivity contribution is 5.94. The third-order valence-corrected chi connectivity index (χ3v) is 10.2. The molecule has 9 heteroatoms. The first-order chi connectivity index (χ1) is 20.8. The lowest BCUT2D eigenvalue weighted by Crippen LogP contribution is -2.48. The van der Waals surface area contributed by atoms with Crippen LogP contribution < -0.4 is 5.73 Å². The number of Topliss-reactive ketones (excluding diaryl/α,β-unsaturated/α-hetero) is 1. The molecule has 0 spiro atoms. The van der Waals surface area contributed by atoms with Gasteiger partial charge < -0.3 is 24.5 Å². The lowest BCUT2D eigenvalue weighted by molar-refractivity contribution is -0.143. The molecule has 2 aromatic rings. The number of furan rings is 1. The van der Waals surface area contributed by atoms with E-state index < -0.39 is 24.7 Å². The van der Waals surface area contributed by atoms with Crippen LogP contribution in [0.1, 0.15) is 87.3 Å². The molecule has 5 rings (SSSR count). The van der Waals surface area contributed by atoms with Gasteiger partial charge in [-0.2, -0.15) is 0 Å². The van der Waals surface area contributed by atoms with Crippen molar-refractivity contribution in [3.8, 4) is 0 Å². The number of likely N-dealkylation sites (tertiary alicyclic amines) is 1. The molecule has 0 unspecified atom stereocenters. The first-order valence-electron chi connectivity index (χ1n) is 16.2. The van der Waals surface area contributed by atoms with E-state index in [1.165, 1.54) is 19.3 Å². The number of ketones is 1. The molecule has 0 bridgehead atoms. The van der Waals surface area contributed by atoms with Crippen LogP contribution >= 0.6 is 0 Å². The summed E-state index contributed by atoms with van der Waals surface area (Å²) < 4.78 is 29.3. The van der Waals surface area contributed by atoms with Crippen LogP contribution in [0.2, 0.25) is 0 Å². The van der Waals surface area contributed by atoms with Gasteiger partial charge in [-0.05, 0) is 80.5 Å². The number of methoxy groups -OCH3 is 1. The SMILES string of the molecule is CO[C@@H](C)COC(=O)c1cc2cc(CC(=O)[C@@H]3[C@H](C4CCCCC4)CCN3C(=O)C3CCC([C@H](N)CF)CC3)ccc2o1. The summed E-state index contributed by atoms with van der Waals surface area (Å²) in [6, 6.07) is 6.29.